The number of aromatic nitrogens is 2. The summed E-state index contributed by atoms with van der Waals surface area (Å²) in [6.07, 6.45) is 1.77. The van der Waals surface area contributed by atoms with Crippen molar-refractivity contribution in [3.8, 4) is 11.3 Å². The molecule has 3 aromatic carbocycles. The summed E-state index contributed by atoms with van der Waals surface area (Å²) in [5.41, 5.74) is 4.21. The van der Waals surface area contributed by atoms with Gasteiger partial charge in [0.05, 0.1) is 17.8 Å². The fourth-order valence-corrected chi connectivity index (χ4v) is 3.95. The van der Waals surface area contributed by atoms with Crippen LogP contribution in [-0.2, 0) is 17.8 Å². The zero-order valence-electron chi connectivity index (χ0n) is 18.3. The van der Waals surface area contributed by atoms with Crippen molar-refractivity contribution in [3.63, 3.8) is 0 Å². The van der Waals surface area contributed by atoms with Crippen LogP contribution in [0.15, 0.2) is 72.9 Å². The van der Waals surface area contributed by atoms with Crippen LogP contribution in [0.4, 0.5) is 21.7 Å². The summed E-state index contributed by atoms with van der Waals surface area (Å²) in [7, 11) is 0. The number of nitrogens with zero attached hydrogens (tertiary/aromatic N) is 2. The summed E-state index contributed by atoms with van der Waals surface area (Å²) < 4.78 is 13.8. The Morgan fingerprint density at radius 2 is 1.89 bits per heavy atom. The molecule has 5 rings (SSSR count). The van der Waals surface area contributed by atoms with Crippen molar-refractivity contribution in [2.45, 2.75) is 13.0 Å². The van der Waals surface area contributed by atoms with Crippen LogP contribution in [0, 0.1) is 5.82 Å². The fraction of sp³-hybridized carbons (Fsp3) is 0.0769. The molecule has 1 aliphatic heterocycles. The zero-order valence-corrected chi connectivity index (χ0v) is 19.1. The van der Waals surface area contributed by atoms with Crippen molar-refractivity contribution in [2.24, 2.45) is 0 Å². The molecule has 0 saturated heterocycles. The lowest BCUT2D eigenvalue weighted by Crippen LogP contribution is -2.23. The fourth-order valence-electron chi connectivity index (χ4n) is 3.78. The van der Waals surface area contributed by atoms with E-state index in [4.69, 9.17) is 11.6 Å². The lowest BCUT2D eigenvalue weighted by molar-refractivity contribution is -0.115. The predicted molar refractivity (Wildman–Crippen MR) is 132 cm³/mol. The monoisotopic (exact) mass is 487 g/mol. The van der Waals surface area contributed by atoms with Gasteiger partial charge in [-0.1, -0.05) is 29.8 Å². The highest BCUT2D eigenvalue weighted by atomic mass is 35.5. The first-order chi connectivity index (χ1) is 17.0. The first kappa shape index (κ1) is 22.5. The van der Waals surface area contributed by atoms with E-state index in [1.165, 1.54) is 6.07 Å². The SMILES string of the molecule is O=C1Cc2cnc(Nc3ccc(C(=O)NCc4ccccc4F)cc3)nc2-c2ccc(Cl)cc2N1. The maximum Gasteiger partial charge on any atom is 0.251 e. The second-order valence-electron chi connectivity index (χ2n) is 7.96. The number of hydrogen-bond acceptors (Lipinski definition) is 5. The van der Waals surface area contributed by atoms with Gasteiger partial charge in [0.2, 0.25) is 11.9 Å². The molecule has 0 radical (unpaired) electrons. The molecule has 35 heavy (non-hydrogen) atoms. The normalized spacial score (nSPS) is 12.1. The van der Waals surface area contributed by atoms with Crippen LogP contribution in [0.25, 0.3) is 11.3 Å². The van der Waals surface area contributed by atoms with Gasteiger partial charge in [0.1, 0.15) is 5.82 Å². The quantitative estimate of drug-likeness (QED) is 0.364. The van der Waals surface area contributed by atoms with Crippen molar-refractivity contribution >= 4 is 40.7 Å². The van der Waals surface area contributed by atoms with E-state index in [1.807, 2.05) is 6.07 Å². The maximum atomic E-state index is 13.8. The Morgan fingerprint density at radius 1 is 1.09 bits per heavy atom. The van der Waals surface area contributed by atoms with Crippen LogP contribution in [-0.4, -0.2) is 21.8 Å². The van der Waals surface area contributed by atoms with E-state index in [0.29, 0.717) is 44.7 Å². The number of anilines is 3. The highest BCUT2D eigenvalue weighted by Crippen LogP contribution is 2.34. The second-order valence-corrected chi connectivity index (χ2v) is 8.40. The van der Waals surface area contributed by atoms with Crippen molar-refractivity contribution in [2.75, 3.05) is 10.6 Å². The Labute approximate surface area is 205 Å². The molecule has 2 amide bonds. The highest BCUT2D eigenvalue weighted by Gasteiger charge is 2.21. The third-order valence-electron chi connectivity index (χ3n) is 5.53. The van der Waals surface area contributed by atoms with Crippen LogP contribution >= 0.6 is 11.6 Å². The summed E-state index contributed by atoms with van der Waals surface area (Å²) in [6, 6.07) is 18.3. The number of fused-ring (bicyclic) bond motifs is 3. The van der Waals surface area contributed by atoms with Crippen molar-refractivity contribution in [1.82, 2.24) is 15.3 Å². The molecular weight excluding hydrogens is 469 g/mol. The van der Waals surface area contributed by atoms with E-state index in [9.17, 15) is 14.0 Å². The first-order valence-electron chi connectivity index (χ1n) is 10.8. The number of carbonyl (C=O) groups is 2. The molecule has 2 heterocycles. The molecule has 7 nitrogen and oxygen atoms in total. The van der Waals surface area contributed by atoms with Gasteiger partial charge in [0, 0.05) is 45.7 Å². The lowest BCUT2D eigenvalue weighted by atomic mass is 10.1. The van der Waals surface area contributed by atoms with E-state index in [0.717, 1.165) is 5.56 Å². The lowest BCUT2D eigenvalue weighted by Gasteiger charge is -2.11. The number of carbonyl (C=O) groups excluding carboxylic acids is 2. The van der Waals surface area contributed by atoms with Gasteiger partial charge in [-0.2, -0.15) is 0 Å². The minimum absolute atomic E-state index is 0.0958. The molecule has 9 heteroatoms. The van der Waals surface area contributed by atoms with Gasteiger partial charge in [-0.3, -0.25) is 9.59 Å². The molecule has 0 saturated carbocycles. The smallest absolute Gasteiger partial charge is 0.251 e. The van der Waals surface area contributed by atoms with Crippen LogP contribution in [0.3, 0.4) is 0 Å². The topological polar surface area (TPSA) is 96.0 Å². The molecular formula is C26H19ClFN5O2. The predicted octanol–water partition coefficient (Wildman–Crippen LogP) is 5.10. The molecule has 0 bridgehead atoms. The van der Waals surface area contributed by atoms with E-state index in [-0.39, 0.29) is 30.6 Å². The Bertz CT molecular complexity index is 1440. The van der Waals surface area contributed by atoms with Crippen molar-refractivity contribution < 1.29 is 14.0 Å². The number of halogens is 2. The van der Waals surface area contributed by atoms with Gasteiger partial charge >= 0.3 is 0 Å². The van der Waals surface area contributed by atoms with Gasteiger partial charge in [-0.05, 0) is 48.5 Å². The average molecular weight is 488 g/mol. The van der Waals surface area contributed by atoms with Gasteiger partial charge < -0.3 is 16.0 Å². The van der Waals surface area contributed by atoms with E-state index in [1.54, 1.807) is 60.8 Å². The molecule has 1 aliphatic rings. The standard InChI is InChI=1S/C26H19ClFN5O2/c27-18-7-10-20-22(12-18)32-23(34)11-17-14-30-26(33-24(17)20)31-19-8-5-15(6-9-19)25(35)29-13-16-3-1-2-4-21(16)28/h1-10,12,14H,11,13H2,(H,29,35)(H,32,34)(H,30,31,33). The Kier molecular flexibility index (Phi) is 6.12. The summed E-state index contributed by atoms with van der Waals surface area (Å²) in [5.74, 6) is -0.497. The molecule has 0 unspecified atom stereocenters. The summed E-state index contributed by atoms with van der Waals surface area (Å²) in [5, 5.41) is 9.20. The van der Waals surface area contributed by atoms with E-state index >= 15 is 0 Å². The second kappa shape index (κ2) is 9.52. The van der Waals surface area contributed by atoms with Crippen LogP contribution in [0.5, 0.6) is 0 Å². The summed E-state index contributed by atoms with van der Waals surface area (Å²) >= 11 is 6.09. The summed E-state index contributed by atoms with van der Waals surface area (Å²) in [6.45, 7) is 0.0958. The third kappa shape index (κ3) is 4.97. The Hall–Kier alpha value is -4.30. The average Bonchev–Trinajstić information content (AvgIpc) is 2.98. The van der Waals surface area contributed by atoms with Crippen LogP contribution in [0.1, 0.15) is 21.5 Å². The number of rotatable bonds is 5. The van der Waals surface area contributed by atoms with E-state index in [2.05, 4.69) is 25.9 Å². The number of hydrogen-bond donors (Lipinski definition) is 3. The molecule has 174 valence electrons. The van der Waals surface area contributed by atoms with Gasteiger partial charge in [0.25, 0.3) is 5.91 Å². The number of amides is 2. The number of benzene rings is 3. The van der Waals surface area contributed by atoms with Crippen molar-refractivity contribution in [3.05, 3.63) is 100 Å². The summed E-state index contributed by atoms with van der Waals surface area (Å²) in [4.78, 5) is 33.7. The Balaban J connectivity index is 1.32. The molecule has 3 N–H and O–H groups in total. The van der Waals surface area contributed by atoms with Crippen LogP contribution < -0.4 is 16.0 Å². The number of nitrogens with one attached hydrogen (secondary N) is 3. The Morgan fingerprint density at radius 3 is 2.69 bits per heavy atom. The van der Waals surface area contributed by atoms with Gasteiger partial charge in [-0.15, -0.1) is 0 Å². The molecule has 0 atom stereocenters. The molecule has 1 aromatic heterocycles. The molecule has 0 aliphatic carbocycles. The van der Waals surface area contributed by atoms with Crippen molar-refractivity contribution in [1.29, 1.82) is 0 Å². The van der Waals surface area contributed by atoms with Gasteiger partial charge in [0.15, 0.2) is 0 Å². The molecule has 0 spiro atoms. The maximum absolute atomic E-state index is 13.8. The minimum Gasteiger partial charge on any atom is -0.348 e. The molecule has 4 aromatic rings. The van der Waals surface area contributed by atoms with E-state index < -0.39 is 0 Å². The first-order valence-corrected chi connectivity index (χ1v) is 11.2. The van der Waals surface area contributed by atoms with Crippen LogP contribution in [0.2, 0.25) is 5.02 Å². The van der Waals surface area contributed by atoms with Gasteiger partial charge in [-0.25, -0.2) is 14.4 Å². The highest BCUT2D eigenvalue weighted by molar-refractivity contribution is 6.31. The largest absolute Gasteiger partial charge is 0.348 e. The molecule has 0 fully saturated rings. The zero-order chi connectivity index (χ0) is 24.4. The minimum atomic E-state index is -0.362. The third-order valence-corrected chi connectivity index (χ3v) is 5.76.